The first-order valence-electron chi connectivity index (χ1n) is 18.1. The van der Waals surface area contributed by atoms with E-state index in [4.69, 9.17) is 18.9 Å². The second kappa shape index (κ2) is 20.7. The van der Waals surface area contributed by atoms with Gasteiger partial charge in [0.15, 0.2) is 6.10 Å². The SMILES string of the molecule is C=C(CCC(C)C)COC(=O)[C@@H](O)C/C=C/C[C@@H]1O[C@@H]2/C=C\C/C=C/C(C)=C\[C@@H]3O[C@H](C/C=C/C=C/C(=O)O[C@H](C2)[C@@]1(C)CO)C[C@@H](O)[C@@H]3C. The maximum atomic E-state index is 13.0. The van der Waals surface area contributed by atoms with E-state index >= 15 is 0 Å². The summed E-state index contributed by atoms with van der Waals surface area (Å²) in [7, 11) is 0. The normalized spacial score (nSPS) is 35.3. The standard InChI is InChI=1S/C41H60O9/c1-28(2)21-22-30(4)26-47-40(46)34(43)18-13-14-19-37-41(6,27-42)38-25-33(49-37)17-10-7-9-15-29(3)23-36-31(5)35(44)24-32(48-36)16-11-8-12-20-39(45)50-38/h8-15,17,20,23,28,31-38,42-44H,4,7,16,18-19,21-22,24-27H2,1-3,5-6H3/b11-8+,14-13+,15-9+,17-10-,20-12+,29-23-/t31-,32+,33+,34-,35+,36-,37-,38+,41-/m0/s1. The first-order chi connectivity index (χ1) is 23.8. The maximum absolute atomic E-state index is 13.0. The summed E-state index contributed by atoms with van der Waals surface area (Å²) >= 11 is 0. The number of hydrogen-bond acceptors (Lipinski definition) is 9. The largest absolute Gasteiger partial charge is 0.459 e. The van der Waals surface area contributed by atoms with Crippen LogP contribution >= 0.6 is 0 Å². The fraction of sp³-hybridized carbons (Fsp3) is 0.610. The second-order valence-corrected chi connectivity index (χ2v) is 14.6. The Morgan fingerprint density at radius 1 is 1.14 bits per heavy atom. The fourth-order valence-electron chi connectivity index (χ4n) is 6.27. The second-order valence-electron chi connectivity index (χ2n) is 14.6. The van der Waals surface area contributed by atoms with Crippen molar-refractivity contribution in [1.82, 2.24) is 0 Å². The van der Waals surface area contributed by atoms with Crippen LogP contribution in [0.25, 0.3) is 0 Å². The molecule has 3 aliphatic heterocycles. The van der Waals surface area contributed by atoms with Gasteiger partial charge in [-0.1, -0.05) is 101 Å². The van der Waals surface area contributed by atoms with E-state index in [9.17, 15) is 24.9 Å². The lowest BCUT2D eigenvalue weighted by Gasteiger charge is -2.47. The lowest BCUT2D eigenvalue weighted by atomic mass is 9.73. The molecule has 0 aromatic heterocycles. The van der Waals surface area contributed by atoms with Gasteiger partial charge in [0, 0.05) is 31.3 Å². The Bertz CT molecular complexity index is 1290. The molecule has 0 saturated carbocycles. The quantitative estimate of drug-likeness (QED) is 0.166. The summed E-state index contributed by atoms with van der Waals surface area (Å²) in [4.78, 5) is 25.3. The van der Waals surface area contributed by atoms with Crippen LogP contribution in [-0.2, 0) is 28.5 Å². The highest BCUT2D eigenvalue weighted by atomic mass is 16.6. The van der Waals surface area contributed by atoms with Crippen molar-refractivity contribution in [2.75, 3.05) is 13.2 Å². The van der Waals surface area contributed by atoms with Gasteiger partial charge in [-0.25, -0.2) is 9.59 Å². The van der Waals surface area contributed by atoms with Crippen LogP contribution in [0.4, 0.5) is 0 Å². The van der Waals surface area contributed by atoms with Gasteiger partial charge in [0.2, 0.25) is 0 Å². The number of carbonyl (C=O) groups is 2. The lowest BCUT2D eigenvalue weighted by Crippen LogP contribution is -2.55. The van der Waals surface area contributed by atoms with Crippen molar-refractivity contribution in [3.8, 4) is 0 Å². The summed E-state index contributed by atoms with van der Waals surface area (Å²) < 4.78 is 23.9. The average Bonchev–Trinajstić information content (AvgIpc) is 3.07. The summed E-state index contributed by atoms with van der Waals surface area (Å²) in [5, 5.41) is 31.6. The summed E-state index contributed by atoms with van der Waals surface area (Å²) in [5.74, 6) is -0.720. The van der Waals surface area contributed by atoms with Gasteiger partial charge in [-0.15, -0.1) is 0 Å². The predicted molar refractivity (Wildman–Crippen MR) is 195 cm³/mol. The molecule has 9 nitrogen and oxygen atoms in total. The molecule has 0 aromatic rings. The van der Waals surface area contributed by atoms with Crippen LogP contribution in [0.3, 0.4) is 0 Å². The molecule has 9 heteroatoms. The van der Waals surface area contributed by atoms with Gasteiger partial charge in [0.05, 0.1) is 42.5 Å². The van der Waals surface area contributed by atoms with Crippen molar-refractivity contribution in [1.29, 1.82) is 0 Å². The first kappa shape index (κ1) is 41.3. The first-order valence-corrected chi connectivity index (χ1v) is 18.1. The number of ether oxygens (including phenoxy) is 4. The molecule has 9 atom stereocenters. The van der Waals surface area contributed by atoms with E-state index < -0.39 is 41.8 Å². The Morgan fingerprint density at radius 2 is 1.92 bits per heavy atom. The molecule has 4 bridgehead atoms. The number of esters is 2. The van der Waals surface area contributed by atoms with Crippen LogP contribution in [0.1, 0.15) is 86.0 Å². The number of carbonyl (C=O) groups excluding carboxylic acids is 2. The van der Waals surface area contributed by atoms with Gasteiger partial charge >= 0.3 is 11.9 Å². The zero-order valence-corrected chi connectivity index (χ0v) is 30.6. The fourth-order valence-corrected chi connectivity index (χ4v) is 6.27. The highest BCUT2D eigenvalue weighted by Crippen LogP contribution is 2.41. The molecule has 0 aliphatic carbocycles. The summed E-state index contributed by atoms with van der Waals surface area (Å²) in [6.45, 7) is 13.9. The van der Waals surface area contributed by atoms with Crippen LogP contribution in [0.15, 0.2) is 84.6 Å². The predicted octanol–water partition coefficient (Wildman–Crippen LogP) is 6.41. The number of rotatable bonds is 11. The van der Waals surface area contributed by atoms with E-state index in [0.717, 1.165) is 24.0 Å². The number of aliphatic hydroxyl groups is 3. The molecule has 50 heavy (non-hydrogen) atoms. The van der Waals surface area contributed by atoms with Crippen LogP contribution < -0.4 is 0 Å². The summed E-state index contributed by atoms with van der Waals surface area (Å²) in [6, 6.07) is 0. The Balaban J connectivity index is 1.71. The molecule has 0 unspecified atom stereocenters. The average molecular weight is 697 g/mol. The molecule has 0 aromatic carbocycles. The van der Waals surface area contributed by atoms with Crippen LogP contribution in [-0.4, -0.2) is 83.2 Å². The van der Waals surface area contributed by atoms with E-state index in [1.807, 2.05) is 57.2 Å². The minimum atomic E-state index is -1.31. The van der Waals surface area contributed by atoms with Gasteiger partial charge < -0.3 is 34.3 Å². The zero-order valence-electron chi connectivity index (χ0n) is 30.6. The molecule has 2 fully saturated rings. The van der Waals surface area contributed by atoms with Gasteiger partial charge in [-0.2, -0.15) is 0 Å². The molecule has 2 saturated heterocycles. The third kappa shape index (κ3) is 13.2. The van der Waals surface area contributed by atoms with Gasteiger partial charge in [-0.05, 0) is 50.5 Å². The van der Waals surface area contributed by atoms with Crippen molar-refractivity contribution in [3.05, 3.63) is 84.6 Å². The monoisotopic (exact) mass is 696 g/mol. The van der Waals surface area contributed by atoms with E-state index in [0.29, 0.717) is 38.0 Å². The third-order valence-electron chi connectivity index (χ3n) is 9.79. The number of aliphatic hydroxyl groups excluding tert-OH is 3. The molecule has 278 valence electrons. The topological polar surface area (TPSA) is 132 Å². The zero-order chi connectivity index (χ0) is 36.7. The molecule has 0 spiro atoms. The van der Waals surface area contributed by atoms with Crippen LogP contribution in [0.2, 0.25) is 0 Å². The van der Waals surface area contributed by atoms with Gasteiger partial charge in [-0.3, -0.25) is 0 Å². The Morgan fingerprint density at radius 3 is 2.66 bits per heavy atom. The molecule has 3 N–H and O–H groups in total. The van der Waals surface area contributed by atoms with Gasteiger partial charge in [0.1, 0.15) is 12.7 Å². The van der Waals surface area contributed by atoms with E-state index in [-0.39, 0.29) is 43.9 Å². The van der Waals surface area contributed by atoms with Gasteiger partial charge in [0.25, 0.3) is 0 Å². The maximum Gasteiger partial charge on any atom is 0.335 e. The number of fused-ring (bicyclic) bond motifs is 4. The van der Waals surface area contributed by atoms with Crippen molar-refractivity contribution in [3.63, 3.8) is 0 Å². The highest BCUT2D eigenvalue weighted by Gasteiger charge is 2.49. The molecule has 3 heterocycles. The number of hydrogen-bond donors (Lipinski definition) is 3. The Hall–Kier alpha value is -3.08. The van der Waals surface area contributed by atoms with E-state index in [1.165, 1.54) is 6.08 Å². The van der Waals surface area contributed by atoms with Crippen molar-refractivity contribution in [2.45, 2.75) is 129 Å². The van der Waals surface area contributed by atoms with Crippen molar-refractivity contribution >= 4 is 11.9 Å². The Kier molecular flexibility index (Phi) is 17.1. The molecular formula is C41H60O9. The molecule has 3 aliphatic rings. The minimum Gasteiger partial charge on any atom is -0.459 e. The van der Waals surface area contributed by atoms with E-state index in [2.05, 4.69) is 26.5 Å². The lowest BCUT2D eigenvalue weighted by molar-refractivity contribution is -0.198. The van der Waals surface area contributed by atoms with Crippen molar-refractivity contribution < 1.29 is 43.9 Å². The van der Waals surface area contributed by atoms with Crippen LogP contribution in [0, 0.1) is 17.3 Å². The van der Waals surface area contributed by atoms with E-state index in [1.54, 1.807) is 18.2 Å². The Labute approximate surface area is 299 Å². The highest BCUT2D eigenvalue weighted by molar-refractivity contribution is 5.82. The van der Waals surface area contributed by atoms with Crippen LogP contribution in [0.5, 0.6) is 0 Å². The number of allylic oxidation sites excluding steroid dienone is 6. The summed E-state index contributed by atoms with van der Waals surface area (Å²) in [6.07, 6.45) is 21.0. The molecule has 0 amide bonds. The molecule has 0 radical (unpaired) electrons. The third-order valence-corrected chi connectivity index (χ3v) is 9.79. The minimum absolute atomic E-state index is 0.0218. The molecule has 3 rings (SSSR count). The summed E-state index contributed by atoms with van der Waals surface area (Å²) in [5.41, 5.74) is 0.954. The smallest absolute Gasteiger partial charge is 0.335 e. The molecular weight excluding hydrogens is 636 g/mol. The van der Waals surface area contributed by atoms with Crippen molar-refractivity contribution in [2.24, 2.45) is 17.3 Å².